The Hall–Kier alpha value is -2.36. The lowest BCUT2D eigenvalue weighted by atomic mass is 10.0. The molecule has 0 aliphatic carbocycles. The molecule has 6 heteroatoms. The Morgan fingerprint density at radius 2 is 1.92 bits per heavy atom. The molecule has 1 fully saturated rings. The molecule has 0 bridgehead atoms. The van der Waals surface area contributed by atoms with Crippen LogP contribution in [0.5, 0.6) is 0 Å². The highest BCUT2D eigenvalue weighted by atomic mass is 32.2. The number of carbonyl (C=O) groups excluding carboxylic acids is 1. The van der Waals surface area contributed by atoms with Gasteiger partial charge in [-0.3, -0.25) is 4.79 Å². The quantitative estimate of drug-likeness (QED) is 0.877. The zero-order valence-corrected chi connectivity index (χ0v) is 15.0. The summed E-state index contributed by atoms with van der Waals surface area (Å²) in [7, 11) is 0. The average Bonchev–Trinajstić information content (AvgIpc) is 3.04. The zero-order chi connectivity index (χ0) is 18.5. The molecule has 2 atom stereocenters. The van der Waals surface area contributed by atoms with Crippen molar-refractivity contribution in [2.45, 2.75) is 24.3 Å². The van der Waals surface area contributed by atoms with Crippen molar-refractivity contribution in [2.24, 2.45) is 0 Å². The largest absolute Gasteiger partial charge is 0.391 e. The lowest BCUT2D eigenvalue weighted by Crippen LogP contribution is -2.33. The minimum Gasteiger partial charge on any atom is -0.391 e. The van der Waals surface area contributed by atoms with Gasteiger partial charge in [-0.1, -0.05) is 24.3 Å². The number of β-amino-alcohol motifs (C(OH)–C–C–N with tert-alkyl or cyclic N) is 1. The van der Waals surface area contributed by atoms with Crippen molar-refractivity contribution >= 4 is 17.7 Å². The zero-order valence-electron chi connectivity index (χ0n) is 14.1. The van der Waals surface area contributed by atoms with E-state index in [0.29, 0.717) is 30.0 Å². The number of amides is 1. The maximum Gasteiger partial charge on any atom is 0.233 e. The third-order valence-corrected chi connectivity index (χ3v) is 5.42. The van der Waals surface area contributed by atoms with Crippen molar-refractivity contribution < 1.29 is 14.3 Å². The van der Waals surface area contributed by atoms with Crippen LogP contribution >= 0.6 is 11.8 Å². The third-order valence-electron chi connectivity index (χ3n) is 4.43. The van der Waals surface area contributed by atoms with Gasteiger partial charge in [-0.2, -0.15) is 5.26 Å². The third kappa shape index (κ3) is 4.43. The van der Waals surface area contributed by atoms with Gasteiger partial charge in [-0.05, 0) is 41.8 Å². The molecule has 1 amide bonds. The molecule has 0 aromatic heterocycles. The van der Waals surface area contributed by atoms with Crippen LogP contribution in [0, 0.1) is 17.1 Å². The standard InChI is InChI=1S/C20H19FN2O2S/c21-17-7-5-16(6-8-17)19-9-18(24)11-23(19)20(25)13-26-12-15-3-1-14(10-22)2-4-15/h1-8,18-19,24H,9,11-13H2/t18-,19-/m1/s1. The Labute approximate surface area is 156 Å². The predicted molar refractivity (Wildman–Crippen MR) is 98.8 cm³/mol. The molecule has 1 heterocycles. The Morgan fingerprint density at radius 3 is 2.58 bits per heavy atom. The highest BCUT2D eigenvalue weighted by molar-refractivity contribution is 7.99. The van der Waals surface area contributed by atoms with Crippen molar-refractivity contribution in [2.75, 3.05) is 12.3 Å². The number of nitriles is 1. The van der Waals surface area contributed by atoms with E-state index in [9.17, 15) is 14.3 Å². The number of likely N-dealkylation sites (tertiary alicyclic amines) is 1. The van der Waals surface area contributed by atoms with Crippen molar-refractivity contribution in [1.29, 1.82) is 5.26 Å². The SMILES string of the molecule is N#Cc1ccc(CSCC(=O)N2C[C@H](O)C[C@@H]2c2ccc(F)cc2)cc1. The smallest absolute Gasteiger partial charge is 0.233 e. The molecule has 26 heavy (non-hydrogen) atoms. The maximum atomic E-state index is 13.1. The number of rotatable bonds is 5. The second kappa shape index (κ2) is 8.35. The highest BCUT2D eigenvalue weighted by Gasteiger charge is 2.34. The van der Waals surface area contributed by atoms with Crippen LogP contribution in [0.1, 0.15) is 29.2 Å². The summed E-state index contributed by atoms with van der Waals surface area (Å²) in [6, 6.07) is 15.3. The Morgan fingerprint density at radius 1 is 1.23 bits per heavy atom. The summed E-state index contributed by atoms with van der Waals surface area (Å²) in [5, 5.41) is 18.8. The van der Waals surface area contributed by atoms with E-state index < -0.39 is 6.10 Å². The summed E-state index contributed by atoms with van der Waals surface area (Å²) in [4.78, 5) is 14.3. The van der Waals surface area contributed by atoms with Gasteiger partial charge in [0.2, 0.25) is 5.91 Å². The second-order valence-corrected chi connectivity index (χ2v) is 7.29. The van der Waals surface area contributed by atoms with Crippen molar-refractivity contribution in [3.8, 4) is 6.07 Å². The molecule has 134 valence electrons. The first-order chi connectivity index (χ1) is 12.6. The van der Waals surface area contributed by atoms with Gasteiger partial charge in [0.25, 0.3) is 0 Å². The van der Waals surface area contributed by atoms with Gasteiger partial charge in [0, 0.05) is 12.3 Å². The van der Waals surface area contributed by atoms with Crippen LogP contribution in [0.3, 0.4) is 0 Å². The number of halogens is 1. The summed E-state index contributed by atoms with van der Waals surface area (Å²) in [5.74, 6) is 0.636. The van der Waals surface area contributed by atoms with Crippen LogP contribution in [-0.2, 0) is 10.5 Å². The molecular formula is C20H19FN2O2S. The summed E-state index contributed by atoms with van der Waals surface area (Å²) in [6.07, 6.45) is -0.0879. The highest BCUT2D eigenvalue weighted by Crippen LogP contribution is 2.33. The van der Waals surface area contributed by atoms with Crippen molar-refractivity contribution in [3.05, 3.63) is 71.0 Å². The first kappa shape index (κ1) is 18.4. The van der Waals surface area contributed by atoms with Crippen LogP contribution < -0.4 is 0 Å². The number of carbonyl (C=O) groups is 1. The molecule has 1 aliphatic rings. The second-order valence-electron chi connectivity index (χ2n) is 6.30. The van der Waals surface area contributed by atoms with E-state index in [-0.39, 0.29) is 17.8 Å². The number of hydrogen-bond acceptors (Lipinski definition) is 4. The normalized spacial score (nSPS) is 19.3. The fourth-order valence-electron chi connectivity index (χ4n) is 3.10. The van der Waals surface area contributed by atoms with Crippen LogP contribution in [0.15, 0.2) is 48.5 Å². The Balaban J connectivity index is 1.58. The van der Waals surface area contributed by atoms with E-state index in [1.807, 2.05) is 12.1 Å². The van der Waals surface area contributed by atoms with Gasteiger partial charge in [0.15, 0.2) is 0 Å². The Bertz CT molecular complexity index is 802. The van der Waals surface area contributed by atoms with E-state index in [1.165, 1.54) is 23.9 Å². The van der Waals surface area contributed by atoms with Gasteiger partial charge in [-0.15, -0.1) is 11.8 Å². The van der Waals surface area contributed by atoms with Gasteiger partial charge >= 0.3 is 0 Å². The summed E-state index contributed by atoms with van der Waals surface area (Å²) < 4.78 is 13.1. The number of nitrogens with zero attached hydrogens (tertiary/aromatic N) is 2. The van der Waals surface area contributed by atoms with Gasteiger partial charge < -0.3 is 10.0 Å². The molecule has 4 nitrogen and oxygen atoms in total. The first-order valence-corrected chi connectivity index (χ1v) is 9.52. The number of aliphatic hydroxyl groups excluding tert-OH is 1. The molecule has 0 unspecified atom stereocenters. The fourth-order valence-corrected chi connectivity index (χ4v) is 3.98. The van der Waals surface area contributed by atoms with Crippen LogP contribution in [-0.4, -0.2) is 34.3 Å². The Kier molecular flexibility index (Phi) is 5.92. The monoisotopic (exact) mass is 370 g/mol. The molecular weight excluding hydrogens is 351 g/mol. The van der Waals surface area contributed by atoms with Gasteiger partial charge in [0.05, 0.1) is 29.5 Å². The lowest BCUT2D eigenvalue weighted by molar-refractivity contribution is -0.129. The summed E-state index contributed by atoms with van der Waals surface area (Å²) in [6.45, 7) is 0.304. The lowest BCUT2D eigenvalue weighted by Gasteiger charge is -2.24. The molecule has 0 saturated carbocycles. The first-order valence-electron chi connectivity index (χ1n) is 8.36. The summed E-state index contributed by atoms with van der Waals surface area (Å²) in [5.41, 5.74) is 2.51. The predicted octanol–water partition coefficient (Wildman–Crippen LogP) is 3.27. The number of hydrogen-bond donors (Lipinski definition) is 1. The molecule has 0 radical (unpaired) electrons. The van der Waals surface area contributed by atoms with Crippen LogP contribution in [0.25, 0.3) is 0 Å². The minimum absolute atomic E-state index is 0.0329. The summed E-state index contributed by atoms with van der Waals surface area (Å²) >= 11 is 1.50. The molecule has 3 rings (SSSR count). The van der Waals surface area contributed by atoms with Crippen LogP contribution in [0.2, 0.25) is 0 Å². The maximum absolute atomic E-state index is 13.1. The number of benzene rings is 2. The molecule has 1 N–H and O–H groups in total. The minimum atomic E-state index is -0.558. The van der Waals surface area contributed by atoms with E-state index in [1.54, 1.807) is 29.2 Å². The molecule has 2 aromatic rings. The van der Waals surface area contributed by atoms with E-state index in [0.717, 1.165) is 11.1 Å². The fraction of sp³-hybridized carbons (Fsp3) is 0.300. The molecule has 1 saturated heterocycles. The van der Waals surface area contributed by atoms with Crippen LogP contribution in [0.4, 0.5) is 4.39 Å². The average molecular weight is 370 g/mol. The molecule has 1 aliphatic heterocycles. The van der Waals surface area contributed by atoms with Crippen molar-refractivity contribution in [1.82, 2.24) is 4.90 Å². The van der Waals surface area contributed by atoms with Crippen molar-refractivity contribution in [3.63, 3.8) is 0 Å². The number of thioether (sulfide) groups is 1. The van der Waals surface area contributed by atoms with E-state index in [2.05, 4.69) is 6.07 Å². The topological polar surface area (TPSA) is 64.3 Å². The molecule has 0 spiro atoms. The van der Waals surface area contributed by atoms with Gasteiger partial charge in [0.1, 0.15) is 5.82 Å². The van der Waals surface area contributed by atoms with E-state index in [4.69, 9.17) is 5.26 Å². The molecule has 2 aromatic carbocycles. The van der Waals surface area contributed by atoms with E-state index >= 15 is 0 Å². The number of aliphatic hydroxyl groups is 1. The van der Waals surface area contributed by atoms with Gasteiger partial charge in [-0.25, -0.2) is 4.39 Å².